The Labute approximate surface area is 340 Å². The summed E-state index contributed by atoms with van der Waals surface area (Å²) >= 11 is 0. The normalized spacial score (nSPS) is 11.3. The minimum Gasteiger partial charge on any atom is -0.494 e. The van der Waals surface area contributed by atoms with Crippen molar-refractivity contribution in [1.82, 2.24) is 0 Å². The number of nitrogens with zero attached hydrogens (tertiary/aromatic N) is 6. The summed E-state index contributed by atoms with van der Waals surface area (Å²) in [4.78, 5) is 25.2. The van der Waals surface area contributed by atoms with Gasteiger partial charge in [0.1, 0.15) is 29.5 Å². The van der Waals surface area contributed by atoms with Gasteiger partial charge in [0.15, 0.2) is 0 Å². The highest BCUT2D eigenvalue weighted by Crippen LogP contribution is 2.41. The predicted molar refractivity (Wildman–Crippen MR) is 230 cm³/mol. The fourth-order valence-electron chi connectivity index (χ4n) is 6.43. The number of esters is 1. The quantitative estimate of drug-likeness (QED) is 0.0164. The fraction of sp³-hybridized carbons (Fsp3) is 0.533. The molecule has 0 N–H and O–H groups in total. The van der Waals surface area contributed by atoms with Crippen LogP contribution in [0.2, 0.25) is 0 Å². The number of anilines is 1. The molecule has 0 heterocycles. The summed E-state index contributed by atoms with van der Waals surface area (Å²) in [6, 6.07) is 16.7. The highest BCUT2D eigenvalue weighted by molar-refractivity contribution is 5.87. The zero-order valence-corrected chi connectivity index (χ0v) is 34.8. The van der Waals surface area contributed by atoms with Gasteiger partial charge in [-0.1, -0.05) is 110 Å². The van der Waals surface area contributed by atoms with E-state index in [2.05, 4.69) is 45.8 Å². The molecular formula is C45H64N6O6. The minimum absolute atomic E-state index is 0.0317. The lowest BCUT2D eigenvalue weighted by atomic mass is 10.0. The van der Waals surface area contributed by atoms with E-state index < -0.39 is 4.92 Å². The summed E-state index contributed by atoms with van der Waals surface area (Å²) in [5, 5.41) is 28.1. The monoisotopic (exact) mass is 784 g/mol. The van der Waals surface area contributed by atoms with Crippen molar-refractivity contribution in [3.63, 3.8) is 0 Å². The molecule has 12 nitrogen and oxygen atoms in total. The average molecular weight is 785 g/mol. The smallest absolute Gasteiger partial charge is 0.333 e. The van der Waals surface area contributed by atoms with Crippen LogP contribution in [0.1, 0.15) is 123 Å². The van der Waals surface area contributed by atoms with Crippen LogP contribution in [0.5, 0.6) is 11.5 Å². The Morgan fingerprint density at radius 2 is 1.11 bits per heavy atom. The standard InChI is InChI=1S/C45H64N6O6/c1-6-8-9-10-11-12-13-14-15-16-17-18-19-20-21-22-23-36(3)45(52)57-33-32-50(7-2)39-28-24-37(25-29-39)46-48-41-34-44(56-5)42(35-43(41)55-4)49-47-38-26-30-40(31-27-38)51(53)54/h24-31,34-35H,3,6-23,32-33H2,1-2,4-5H3. The number of hydrogen-bond donors (Lipinski definition) is 0. The van der Waals surface area contributed by atoms with Crippen molar-refractivity contribution >= 4 is 40.1 Å². The summed E-state index contributed by atoms with van der Waals surface area (Å²) in [6.45, 7) is 9.89. The van der Waals surface area contributed by atoms with Crippen molar-refractivity contribution in [3.05, 3.63) is 82.9 Å². The van der Waals surface area contributed by atoms with Crippen LogP contribution in [0, 0.1) is 10.1 Å². The molecule has 0 aliphatic carbocycles. The van der Waals surface area contributed by atoms with Crippen LogP contribution in [0.3, 0.4) is 0 Å². The van der Waals surface area contributed by atoms with Gasteiger partial charge < -0.3 is 19.1 Å². The summed E-state index contributed by atoms with van der Waals surface area (Å²) in [6.07, 6.45) is 21.8. The average Bonchev–Trinajstić information content (AvgIpc) is 3.23. The maximum absolute atomic E-state index is 12.6. The fourth-order valence-corrected chi connectivity index (χ4v) is 6.43. The van der Waals surface area contributed by atoms with E-state index in [0.717, 1.165) is 25.1 Å². The second-order valence-electron chi connectivity index (χ2n) is 14.3. The van der Waals surface area contributed by atoms with Crippen LogP contribution in [0.25, 0.3) is 0 Å². The zero-order valence-electron chi connectivity index (χ0n) is 34.8. The summed E-state index contributed by atoms with van der Waals surface area (Å²) in [7, 11) is 3.02. The first-order valence-electron chi connectivity index (χ1n) is 20.8. The van der Waals surface area contributed by atoms with Gasteiger partial charge in [0.2, 0.25) is 0 Å². The van der Waals surface area contributed by atoms with E-state index >= 15 is 0 Å². The first-order chi connectivity index (χ1) is 27.8. The van der Waals surface area contributed by atoms with Gasteiger partial charge in [0.05, 0.1) is 37.1 Å². The molecule has 3 rings (SSSR count). The third-order valence-corrected chi connectivity index (χ3v) is 9.90. The molecule has 0 aliphatic heterocycles. The van der Waals surface area contributed by atoms with Gasteiger partial charge in [-0.25, -0.2) is 4.79 Å². The van der Waals surface area contributed by atoms with Gasteiger partial charge in [-0.2, -0.15) is 10.2 Å². The highest BCUT2D eigenvalue weighted by Gasteiger charge is 2.13. The van der Waals surface area contributed by atoms with E-state index in [1.165, 1.54) is 128 Å². The number of unbranched alkanes of at least 4 members (excludes halogenated alkanes) is 15. The number of benzene rings is 3. The molecule has 0 bridgehead atoms. The van der Waals surface area contributed by atoms with Crippen molar-refractivity contribution in [1.29, 1.82) is 0 Å². The minimum atomic E-state index is -0.474. The first kappa shape index (κ1) is 46.3. The van der Waals surface area contributed by atoms with E-state index in [4.69, 9.17) is 14.2 Å². The van der Waals surface area contributed by atoms with Crippen molar-refractivity contribution in [2.75, 3.05) is 38.8 Å². The lowest BCUT2D eigenvalue weighted by Crippen LogP contribution is -2.28. The molecule has 57 heavy (non-hydrogen) atoms. The molecule has 0 saturated heterocycles. The van der Waals surface area contributed by atoms with Crippen LogP contribution < -0.4 is 14.4 Å². The first-order valence-corrected chi connectivity index (χ1v) is 20.8. The van der Waals surface area contributed by atoms with Crippen LogP contribution in [-0.4, -0.2) is 44.8 Å². The van der Waals surface area contributed by atoms with E-state index in [0.29, 0.717) is 52.8 Å². The number of rotatable bonds is 30. The number of ether oxygens (including phenoxy) is 3. The number of carbonyl (C=O) groups excluding carboxylic acids is 1. The molecule has 310 valence electrons. The number of methoxy groups -OCH3 is 2. The van der Waals surface area contributed by atoms with Gasteiger partial charge in [-0.15, -0.1) is 10.2 Å². The van der Waals surface area contributed by atoms with E-state index in [1.807, 2.05) is 24.3 Å². The van der Waals surface area contributed by atoms with E-state index in [-0.39, 0.29) is 18.3 Å². The molecule has 0 aromatic heterocycles. The maximum Gasteiger partial charge on any atom is 0.333 e. The Morgan fingerprint density at radius 3 is 1.53 bits per heavy atom. The van der Waals surface area contributed by atoms with Gasteiger partial charge in [-0.05, 0) is 56.2 Å². The summed E-state index contributed by atoms with van der Waals surface area (Å²) in [5.74, 6) is 0.498. The van der Waals surface area contributed by atoms with Crippen LogP contribution in [-0.2, 0) is 9.53 Å². The van der Waals surface area contributed by atoms with E-state index in [9.17, 15) is 14.9 Å². The second kappa shape index (κ2) is 27.5. The van der Waals surface area contributed by atoms with Gasteiger partial charge >= 0.3 is 5.97 Å². The number of azo groups is 2. The van der Waals surface area contributed by atoms with Crippen molar-refractivity contribution in [2.24, 2.45) is 20.5 Å². The third kappa shape index (κ3) is 17.7. The molecule has 0 unspecified atom stereocenters. The summed E-state index contributed by atoms with van der Waals surface area (Å²) < 4.78 is 16.6. The Morgan fingerprint density at radius 1 is 0.667 bits per heavy atom. The Bertz CT molecular complexity index is 1690. The van der Waals surface area contributed by atoms with Gasteiger partial charge in [0, 0.05) is 42.1 Å². The molecule has 3 aromatic carbocycles. The number of carbonyl (C=O) groups is 1. The number of nitro groups is 1. The van der Waals surface area contributed by atoms with Crippen molar-refractivity contribution in [2.45, 2.75) is 123 Å². The molecule has 0 atom stereocenters. The molecule has 0 radical (unpaired) electrons. The largest absolute Gasteiger partial charge is 0.494 e. The topological polar surface area (TPSA) is 141 Å². The second-order valence-corrected chi connectivity index (χ2v) is 14.3. The Hall–Kier alpha value is -5.13. The number of likely N-dealkylation sites (N-methyl/N-ethyl adjacent to an activating group) is 1. The number of nitro benzene ring substituents is 1. The van der Waals surface area contributed by atoms with Crippen LogP contribution in [0.4, 0.5) is 34.1 Å². The molecule has 0 amide bonds. The van der Waals surface area contributed by atoms with Gasteiger partial charge in [0.25, 0.3) is 5.69 Å². The van der Waals surface area contributed by atoms with Crippen LogP contribution in [0.15, 0.2) is 93.3 Å². The lowest BCUT2D eigenvalue weighted by Gasteiger charge is -2.23. The van der Waals surface area contributed by atoms with Crippen molar-refractivity contribution < 1.29 is 23.9 Å². The summed E-state index contributed by atoms with van der Waals surface area (Å²) in [5.41, 5.74) is 3.39. The molecule has 12 heteroatoms. The lowest BCUT2D eigenvalue weighted by molar-refractivity contribution is -0.384. The molecule has 0 spiro atoms. The molecule has 0 aliphatic rings. The van der Waals surface area contributed by atoms with E-state index in [1.54, 1.807) is 12.1 Å². The van der Waals surface area contributed by atoms with Crippen LogP contribution >= 0.6 is 0 Å². The SMILES string of the molecule is C=C(CCCCCCCCCCCCCCCCCC)C(=O)OCCN(CC)c1ccc(N=Nc2cc(OC)c(N=Nc3ccc([N+](=O)[O-])cc3)cc2OC)cc1. The molecule has 0 fully saturated rings. The zero-order chi connectivity index (χ0) is 41.1. The number of hydrogen-bond acceptors (Lipinski definition) is 11. The van der Waals surface area contributed by atoms with Crippen molar-refractivity contribution in [3.8, 4) is 11.5 Å². The predicted octanol–water partition coefficient (Wildman–Crippen LogP) is 14.0. The Kier molecular flexibility index (Phi) is 22.3. The molecule has 3 aromatic rings. The number of non-ortho nitro benzene ring substituents is 1. The van der Waals surface area contributed by atoms with Gasteiger partial charge in [-0.3, -0.25) is 10.1 Å². The molecular weight excluding hydrogens is 721 g/mol. The maximum atomic E-state index is 12.6. The third-order valence-electron chi connectivity index (χ3n) is 9.90. The highest BCUT2D eigenvalue weighted by atomic mass is 16.6. The molecule has 0 saturated carbocycles. The Balaban J connectivity index is 1.35.